The Morgan fingerprint density at radius 3 is 2.66 bits per heavy atom. The second kappa shape index (κ2) is 7.89. The van der Waals surface area contributed by atoms with Crippen molar-refractivity contribution in [1.82, 2.24) is 15.0 Å². The van der Waals surface area contributed by atoms with Gasteiger partial charge in [-0.15, -0.1) is 11.3 Å². The highest BCUT2D eigenvalue weighted by Gasteiger charge is 2.23. The lowest BCUT2D eigenvalue weighted by molar-refractivity contribution is -0.876. The number of anilines is 1. The Morgan fingerprint density at radius 2 is 1.83 bits per heavy atom. The van der Waals surface area contributed by atoms with Gasteiger partial charge in [0.2, 0.25) is 0 Å². The molecule has 5 nitrogen and oxygen atoms in total. The minimum absolute atomic E-state index is 0.708. The maximum Gasteiger partial charge on any atom is 0.181 e. The maximum absolute atomic E-state index is 5.07. The Kier molecular flexibility index (Phi) is 4.96. The fourth-order valence-corrected chi connectivity index (χ4v) is 4.88. The lowest BCUT2D eigenvalue weighted by Gasteiger charge is -2.22. The SMILES string of the molecule is C[NH+]1CCCN(c2nc(-c3ccccn3)nc3scc(-c4ccccc4)c23)CC1. The van der Waals surface area contributed by atoms with E-state index in [2.05, 4.69) is 52.6 Å². The van der Waals surface area contributed by atoms with Crippen molar-refractivity contribution in [2.75, 3.05) is 38.1 Å². The van der Waals surface area contributed by atoms with Crippen LogP contribution in [0.5, 0.6) is 0 Å². The monoisotopic (exact) mass is 402 g/mol. The van der Waals surface area contributed by atoms with Gasteiger partial charge >= 0.3 is 0 Å². The molecule has 1 N–H and O–H groups in total. The number of nitrogens with zero attached hydrogens (tertiary/aromatic N) is 4. The molecule has 0 saturated carbocycles. The second-order valence-electron chi connectivity index (χ2n) is 7.58. The molecule has 3 aromatic heterocycles. The van der Waals surface area contributed by atoms with Gasteiger partial charge in [-0.2, -0.15) is 0 Å². The largest absolute Gasteiger partial charge is 0.350 e. The van der Waals surface area contributed by atoms with Gasteiger partial charge in [0.15, 0.2) is 5.82 Å². The summed E-state index contributed by atoms with van der Waals surface area (Å²) in [5, 5.41) is 3.38. The van der Waals surface area contributed by atoms with Gasteiger partial charge < -0.3 is 9.80 Å². The van der Waals surface area contributed by atoms with E-state index >= 15 is 0 Å². The van der Waals surface area contributed by atoms with Gasteiger partial charge in [-0.1, -0.05) is 36.4 Å². The Balaban J connectivity index is 1.70. The number of hydrogen-bond acceptors (Lipinski definition) is 5. The van der Waals surface area contributed by atoms with Crippen molar-refractivity contribution in [2.24, 2.45) is 0 Å². The van der Waals surface area contributed by atoms with Crippen LogP contribution < -0.4 is 9.80 Å². The maximum atomic E-state index is 5.07. The topological polar surface area (TPSA) is 46.4 Å². The number of aromatic nitrogens is 3. The van der Waals surface area contributed by atoms with E-state index in [1.165, 1.54) is 29.5 Å². The Labute approximate surface area is 174 Å². The second-order valence-corrected chi connectivity index (χ2v) is 8.44. The van der Waals surface area contributed by atoms with Crippen LogP contribution in [0, 0.1) is 0 Å². The highest BCUT2D eigenvalue weighted by molar-refractivity contribution is 7.17. The molecule has 0 radical (unpaired) electrons. The molecular weight excluding hydrogens is 378 g/mol. The minimum Gasteiger partial charge on any atom is -0.350 e. The molecule has 1 atom stereocenters. The van der Waals surface area contributed by atoms with Crippen LogP contribution in [0.15, 0.2) is 60.1 Å². The van der Waals surface area contributed by atoms with Crippen molar-refractivity contribution < 1.29 is 4.90 Å². The zero-order chi connectivity index (χ0) is 19.6. The van der Waals surface area contributed by atoms with Gasteiger partial charge in [-0.3, -0.25) is 4.98 Å². The van der Waals surface area contributed by atoms with E-state index in [0.717, 1.165) is 36.0 Å². The number of hydrogen-bond donors (Lipinski definition) is 1. The molecule has 1 aliphatic heterocycles. The number of likely N-dealkylation sites (N-methyl/N-ethyl adjacent to an activating group) is 1. The quantitative estimate of drug-likeness (QED) is 0.572. The van der Waals surface area contributed by atoms with Crippen LogP contribution in [0.1, 0.15) is 6.42 Å². The molecule has 4 aromatic rings. The number of rotatable bonds is 3. The lowest BCUT2D eigenvalue weighted by atomic mass is 10.1. The predicted octanol–water partition coefficient (Wildman–Crippen LogP) is 3.15. The van der Waals surface area contributed by atoms with Crippen LogP contribution in [-0.4, -0.2) is 48.2 Å². The molecule has 0 spiro atoms. The zero-order valence-electron chi connectivity index (χ0n) is 16.5. The first-order valence-electron chi connectivity index (χ1n) is 10.1. The zero-order valence-corrected chi connectivity index (χ0v) is 17.3. The molecule has 29 heavy (non-hydrogen) atoms. The van der Waals surface area contributed by atoms with E-state index in [0.29, 0.717) is 5.82 Å². The molecule has 4 heterocycles. The lowest BCUT2D eigenvalue weighted by Crippen LogP contribution is -3.09. The molecule has 0 amide bonds. The van der Waals surface area contributed by atoms with Crippen molar-refractivity contribution in [3.05, 3.63) is 60.1 Å². The number of quaternary nitrogens is 1. The molecule has 1 saturated heterocycles. The normalized spacial score (nSPS) is 17.4. The van der Waals surface area contributed by atoms with E-state index in [1.807, 2.05) is 18.2 Å². The number of fused-ring (bicyclic) bond motifs is 1. The first-order valence-corrected chi connectivity index (χ1v) is 11.0. The molecular formula is C23H24N5S+. The molecule has 6 heteroatoms. The molecule has 0 aliphatic carbocycles. The van der Waals surface area contributed by atoms with Crippen LogP contribution in [0.25, 0.3) is 32.9 Å². The van der Waals surface area contributed by atoms with Gasteiger partial charge in [-0.05, 0) is 17.7 Å². The summed E-state index contributed by atoms with van der Waals surface area (Å²) >= 11 is 1.69. The fourth-order valence-electron chi connectivity index (χ4n) is 3.94. The van der Waals surface area contributed by atoms with Crippen LogP contribution >= 0.6 is 11.3 Å². The van der Waals surface area contributed by atoms with E-state index in [1.54, 1.807) is 22.4 Å². The highest BCUT2D eigenvalue weighted by atomic mass is 32.1. The standard InChI is InChI=1S/C23H23N5S/c1-27-12-7-13-28(15-14-27)22-20-18(17-8-3-2-4-9-17)16-29-23(20)26-21(25-22)19-10-5-6-11-24-19/h2-6,8-11,16H,7,12-15H2,1H3/p+1. The van der Waals surface area contributed by atoms with Crippen molar-refractivity contribution in [3.63, 3.8) is 0 Å². The third-order valence-electron chi connectivity index (χ3n) is 5.53. The van der Waals surface area contributed by atoms with Crippen molar-refractivity contribution in [2.45, 2.75) is 6.42 Å². The molecule has 1 aromatic carbocycles. The molecule has 1 fully saturated rings. The minimum atomic E-state index is 0.708. The van der Waals surface area contributed by atoms with Gasteiger partial charge in [0.25, 0.3) is 0 Å². The number of nitrogens with one attached hydrogen (secondary N) is 1. The van der Waals surface area contributed by atoms with E-state index in [4.69, 9.17) is 9.97 Å². The van der Waals surface area contributed by atoms with Crippen LogP contribution in [-0.2, 0) is 0 Å². The summed E-state index contributed by atoms with van der Waals surface area (Å²) in [5.41, 5.74) is 3.26. The fraction of sp³-hybridized carbons (Fsp3) is 0.261. The van der Waals surface area contributed by atoms with E-state index in [-0.39, 0.29) is 0 Å². The van der Waals surface area contributed by atoms with Gasteiger partial charge in [0.05, 0.1) is 32.1 Å². The summed E-state index contributed by atoms with van der Waals surface area (Å²) in [4.78, 5) is 19.5. The molecule has 1 aliphatic rings. The first-order chi connectivity index (χ1) is 14.3. The highest BCUT2D eigenvalue weighted by Crippen LogP contribution is 2.39. The van der Waals surface area contributed by atoms with E-state index < -0.39 is 0 Å². The van der Waals surface area contributed by atoms with Crippen molar-refractivity contribution in [1.29, 1.82) is 0 Å². The van der Waals surface area contributed by atoms with Gasteiger partial charge in [0, 0.05) is 30.1 Å². The molecule has 1 unspecified atom stereocenters. The number of benzene rings is 1. The molecule has 5 rings (SSSR count). The van der Waals surface area contributed by atoms with Crippen molar-refractivity contribution >= 4 is 27.4 Å². The number of pyridine rings is 1. The number of thiophene rings is 1. The van der Waals surface area contributed by atoms with Crippen LogP contribution in [0.2, 0.25) is 0 Å². The molecule has 146 valence electrons. The Morgan fingerprint density at radius 1 is 0.966 bits per heavy atom. The predicted molar refractivity (Wildman–Crippen MR) is 120 cm³/mol. The first kappa shape index (κ1) is 18.2. The summed E-state index contributed by atoms with van der Waals surface area (Å²) in [6, 6.07) is 16.5. The summed E-state index contributed by atoms with van der Waals surface area (Å²) in [7, 11) is 2.28. The summed E-state index contributed by atoms with van der Waals surface area (Å²) < 4.78 is 0. The summed E-state index contributed by atoms with van der Waals surface area (Å²) in [6.45, 7) is 4.35. The smallest absolute Gasteiger partial charge is 0.181 e. The summed E-state index contributed by atoms with van der Waals surface area (Å²) in [6.07, 6.45) is 2.97. The van der Waals surface area contributed by atoms with Gasteiger partial charge in [-0.25, -0.2) is 9.97 Å². The van der Waals surface area contributed by atoms with Gasteiger partial charge in [0.1, 0.15) is 16.3 Å². The average Bonchev–Trinajstić information content (AvgIpc) is 3.09. The summed E-state index contributed by atoms with van der Waals surface area (Å²) in [5.74, 6) is 1.75. The average molecular weight is 403 g/mol. The molecule has 0 bridgehead atoms. The Hall–Kier alpha value is -2.83. The van der Waals surface area contributed by atoms with E-state index in [9.17, 15) is 0 Å². The Bertz CT molecular complexity index is 1110. The third-order valence-corrected chi connectivity index (χ3v) is 6.41. The third kappa shape index (κ3) is 3.61. The van der Waals surface area contributed by atoms with Crippen molar-refractivity contribution in [3.8, 4) is 22.6 Å². The van der Waals surface area contributed by atoms with Crippen LogP contribution in [0.4, 0.5) is 5.82 Å². The van der Waals surface area contributed by atoms with Crippen LogP contribution in [0.3, 0.4) is 0 Å².